The monoisotopic (exact) mass is 1510 g/mol. The summed E-state index contributed by atoms with van der Waals surface area (Å²) in [5.74, 6) is -1.09. The van der Waals surface area contributed by atoms with Gasteiger partial charge in [0.25, 0.3) is 0 Å². The first-order chi connectivity index (χ1) is 54.8. The average molecular weight is 1510 g/mol. The highest BCUT2D eigenvalue weighted by molar-refractivity contribution is 5.78. The summed E-state index contributed by atoms with van der Waals surface area (Å²) in [6.07, 6.45) is 21.9. The Morgan fingerprint density at radius 2 is 0.812 bits per heavy atom. The van der Waals surface area contributed by atoms with Gasteiger partial charge >= 0.3 is 0 Å². The molecule has 566 valence electrons. The fraction of sp³-hybridized carbons (Fsp3) is 0.378. The van der Waals surface area contributed by atoms with Crippen LogP contribution in [0.15, 0.2) is 134 Å². The summed E-state index contributed by atoms with van der Waals surface area (Å²) in [7, 11) is 0. The number of rotatable bonds is 20. The van der Waals surface area contributed by atoms with E-state index in [1.807, 2.05) is 50.6 Å². The summed E-state index contributed by atoms with van der Waals surface area (Å²) in [6.45, 7) is 2.34. The van der Waals surface area contributed by atoms with Crippen molar-refractivity contribution in [3.8, 4) is 17.1 Å². The lowest BCUT2D eigenvalue weighted by Gasteiger charge is -2.25. The maximum Gasteiger partial charge on any atom is 0.151 e. The predicted molar refractivity (Wildman–Crippen MR) is 398 cm³/mol. The lowest BCUT2D eigenvalue weighted by atomic mass is 10.00. The third kappa shape index (κ3) is 13.8. The fourth-order valence-corrected chi connectivity index (χ4v) is 15.3. The normalized spacial score (nSPS) is 17.6. The third-order valence-corrected chi connectivity index (χ3v) is 22.6. The molecular weight excluding hydrogens is 1440 g/mol. The molecule has 15 aromatic rings. The van der Waals surface area contributed by atoms with Crippen molar-refractivity contribution in [2.45, 2.75) is 182 Å². The molecule has 9 heterocycles. The highest BCUT2D eigenvalue weighted by Gasteiger charge is 2.39. The van der Waals surface area contributed by atoms with Crippen LogP contribution in [0, 0.1) is 34.9 Å². The molecule has 0 unspecified atom stereocenters. The molecule has 9 aliphatic rings. The molecule has 0 atom stereocenters. The molecule has 30 heteroatoms. The molecule has 9 fully saturated rings. The maximum absolute atomic E-state index is 14.4. The van der Waals surface area contributed by atoms with Gasteiger partial charge in [-0.15, -0.1) is 35.4 Å². The van der Waals surface area contributed by atoms with Gasteiger partial charge in [0.05, 0.1) is 112 Å². The quantitative estimate of drug-likeness (QED) is 0.0644. The van der Waals surface area contributed by atoms with Gasteiger partial charge in [-0.25, -0.2) is 59.1 Å². The largest absolute Gasteiger partial charge is 0.380 e. The van der Waals surface area contributed by atoms with Crippen LogP contribution in [-0.2, 0) is 30.5 Å². The summed E-state index contributed by atoms with van der Waals surface area (Å²) in [4.78, 5) is 1.23. The fourth-order valence-electron chi connectivity index (χ4n) is 15.3. The first kappa shape index (κ1) is 68.3. The molecule has 8 aliphatic carbocycles. The molecule has 1 saturated heterocycles. The van der Waals surface area contributed by atoms with Gasteiger partial charge < -0.3 is 4.74 Å². The topological polar surface area (TPSA) is 242 Å². The second kappa shape index (κ2) is 27.7. The van der Waals surface area contributed by atoms with Crippen LogP contribution < -0.4 is 0 Å². The molecule has 8 saturated carbocycles. The maximum atomic E-state index is 14.4. The summed E-state index contributed by atoms with van der Waals surface area (Å²) >= 11 is 0. The van der Waals surface area contributed by atoms with Crippen LogP contribution in [0.25, 0.3) is 61.2 Å². The van der Waals surface area contributed by atoms with Crippen LogP contribution in [0.1, 0.15) is 224 Å². The standard InChI is InChI=1S/C22H19F2N5.2C21H18F2N6.C18H20N6O/c23-16-4-7-18(24)20(11-16)28-12-15(22(26-28)14-2-3-14)9-13-1-8-19-21(10-13)29(27-25-19)17-5-6-17;22-14-4-7-16(23)19(11-14)29-25-18(21(26-29)13-2-3-13)9-12-1-8-17-20(10-12)28(27-24-17)15-5-6-15;22-14-4-8-18(16(23)11-14)29-20(21(25-27-29)13-2-3-13)10-12-1-7-17-19(9-12)28(26-24-17)15-5-6-15;1-6-15-16(24(22-19-15)14-4-5-14)7-11(1)8-23-18(12-2-3-12)17(20-21-23)13-9-25-10-13/h1,4,7-8,10-12,14,17H,2-3,5-6,9H2;1,4,7-8,10-11,13,15H,2-3,5-6,9H2;1,4,7-9,11,13,15H,2-3,5-6,10H2;1,6-7,12-14H,2-5,8-10H2. The van der Waals surface area contributed by atoms with E-state index in [9.17, 15) is 26.3 Å². The smallest absolute Gasteiger partial charge is 0.151 e. The number of halogens is 6. The summed E-state index contributed by atoms with van der Waals surface area (Å²) in [5.41, 5.74) is 20.8. The minimum Gasteiger partial charge on any atom is -0.380 e. The van der Waals surface area contributed by atoms with E-state index in [-0.39, 0.29) is 17.1 Å². The van der Waals surface area contributed by atoms with Crippen molar-refractivity contribution in [2.75, 3.05) is 13.2 Å². The van der Waals surface area contributed by atoms with Crippen LogP contribution in [0.4, 0.5) is 26.3 Å². The zero-order valence-corrected chi connectivity index (χ0v) is 60.9. The van der Waals surface area contributed by atoms with Gasteiger partial charge in [0, 0.05) is 67.3 Å². The van der Waals surface area contributed by atoms with Crippen LogP contribution in [0.2, 0.25) is 0 Å². The number of aromatic nitrogens is 23. The number of nitrogens with zero attached hydrogens (tertiary/aromatic N) is 23. The Balaban J connectivity index is 0.0000000944. The second-order valence-electron chi connectivity index (χ2n) is 31.7. The first-order valence-electron chi connectivity index (χ1n) is 39.1. The Morgan fingerprint density at radius 3 is 1.33 bits per heavy atom. The molecule has 1 aliphatic heterocycles. The highest BCUT2D eigenvalue weighted by Crippen LogP contribution is 2.47. The first-order valence-corrected chi connectivity index (χ1v) is 39.1. The van der Waals surface area contributed by atoms with E-state index in [4.69, 9.17) is 4.74 Å². The van der Waals surface area contributed by atoms with E-state index in [0.29, 0.717) is 73.0 Å². The SMILES string of the molecule is Fc1ccc(-n2nnc(C3CC3)c2Cc2ccc3nnn(C4CC4)c3c2)c(F)c1.Fc1ccc(F)c(-n2cc(Cc3ccc4nnn(C5CC5)c4c3)c(C3CC3)n2)c1.Fc1ccc(F)c(-n2nc(Cc3ccc4nnn(C5CC5)c4c3)c(C3CC3)n2)c1.c1cc2nnn(C3CC3)c2cc1Cn1nnc(C2COC2)c1C1CC1. The van der Waals surface area contributed by atoms with Crippen LogP contribution >= 0.6 is 0 Å². The van der Waals surface area contributed by atoms with Crippen molar-refractivity contribution in [2.24, 2.45) is 0 Å². The molecule has 8 aromatic heterocycles. The van der Waals surface area contributed by atoms with Crippen LogP contribution in [0.5, 0.6) is 0 Å². The van der Waals surface area contributed by atoms with Crippen molar-refractivity contribution in [1.82, 2.24) is 115 Å². The van der Waals surface area contributed by atoms with E-state index in [2.05, 4.69) is 129 Å². The van der Waals surface area contributed by atoms with Gasteiger partial charge in [-0.05, 0) is 215 Å². The van der Waals surface area contributed by atoms with Gasteiger partial charge in [0.15, 0.2) is 11.6 Å². The zero-order chi connectivity index (χ0) is 75.0. The van der Waals surface area contributed by atoms with Gasteiger partial charge in [0.2, 0.25) is 0 Å². The van der Waals surface area contributed by atoms with Crippen molar-refractivity contribution >= 4 is 44.1 Å². The number of hydrogen-bond acceptors (Lipinski definition) is 16. The van der Waals surface area contributed by atoms with Gasteiger partial charge in [-0.2, -0.15) is 15.3 Å². The number of fused-ring (bicyclic) bond motifs is 4. The Hall–Kier alpha value is -11.7. The summed E-state index contributed by atoms with van der Waals surface area (Å²) < 4.78 is 102. The minimum atomic E-state index is -0.648. The van der Waals surface area contributed by atoms with Gasteiger partial charge in [0.1, 0.15) is 62.4 Å². The second-order valence-corrected chi connectivity index (χ2v) is 31.7. The van der Waals surface area contributed by atoms with Crippen molar-refractivity contribution < 1.29 is 31.1 Å². The Morgan fingerprint density at radius 1 is 0.348 bits per heavy atom. The van der Waals surface area contributed by atoms with Crippen molar-refractivity contribution in [3.05, 3.63) is 236 Å². The molecule has 0 bridgehead atoms. The third-order valence-electron chi connectivity index (χ3n) is 22.6. The number of hydrogen-bond donors (Lipinski definition) is 0. The molecule has 24 rings (SSSR count). The lowest BCUT2D eigenvalue weighted by Crippen LogP contribution is -2.26. The summed E-state index contributed by atoms with van der Waals surface area (Å²) in [6, 6.07) is 37.0. The molecule has 0 radical (unpaired) electrons. The molecule has 0 N–H and O–H groups in total. The molecule has 7 aromatic carbocycles. The molecule has 0 spiro atoms. The van der Waals surface area contributed by atoms with E-state index in [0.717, 1.165) is 228 Å². The molecule has 112 heavy (non-hydrogen) atoms. The van der Waals surface area contributed by atoms with Crippen LogP contribution in [-0.4, -0.2) is 128 Å². The van der Waals surface area contributed by atoms with E-state index in [1.54, 1.807) is 0 Å². The molecule has 24 nitrogen and oxygen atoms in total. The lowest BCUT2D eigenvalue weighted by molar-refractivity contribution is 0.00628. The predicted octanol–water partition coefficient (Wildman–Crippen LogP) is 15.3. The number of ether oxygens (including phenoxy) is 1. The Labute approximate surface area is 635 Å². The van der Waals surface area contributed by atoms with Crippen molar-refractivity contribution in [1.29, 1.82) is 0 Å². The van der Waals surface area contributed by atoms with E-state index in [1.165, 1.54) is 75.0 Å². The Kier molecular flexibility index (Phi) is 16.9. The van der Waals surface area contributed by atoms with Gasteiger partial charge in [-0.3, -0.25) is 0 Å². The van der Waals surface area contributed by atoms with E-state index >= 15 is 0 Å². The average Bonchev–Trinajstić information content (AvgIpc) is 1.63. The molecular formula is C82H75F6N23O. The van der Waals surface area contributed by atoms with Gasteiger partial charge in [-0.1, -0.05) is 55.5 Å². The highest BCUT2D eigenvalue weighted by atomic mass is 19.2. The Bertz CT molecular complexity index is 5930. The van der Waals surface area contributed by atoms with E-state index < -0.39 is 34.9 Å². The summed E-state index contributed by atoms with van der Waals surface area (Å²) in [5, 5.41) is 65.5. The number of benzene rings is 7. The van der Waals surface area contributed by atoms with Crippen molar-refractivity contribution in [3.63, 3.8) is 0 Å². The minimum absolute atomic E-state index is 0.0320. The molecule has 0 amide bonds. The zero-order valence-electron chi connectivity index (χ0n) is 60.9. The van der Waals surface area contributed by atoms with Crippen LogP contribution in [0.3, 0.4) is 0 Å².